The van der Waals surface area contributed by atoms with E-state index in [-0.39, 0.29) is 6.10 Å². The van der Waals surface area contributed by atoms with Crippen LogP contribution in [0.15, 0.2) is 0 Å². The van der Waals surface area contributed by atoms with Gasteiger partial charge in [0.2, 0.25) is 0 Å². The van der Waals surface area contributed by atoms with E-state index in [1.807, 2.05) is 13.8 Å². The van der Waals surface area contributed by atoms with Crippen LogP contribution in [0.1, 0.15) is 33.1 Å². The number of ether oxygens (including phenoxy) is 1. The maximum atomic E-state index is 9.55. The minimum atomic E-state index is -0.145. The Labute approximate surface area is 93.4 Å². The highest BCUT2D eigenvalue weighted by molar-refractivity contribution is 4.73. The summed E-state index contributed by atoms with van der Waals surface area (Å²) < 4.78 is 5.44. The molecule has 1 atom stereocenters. The van der Waals surface area contributed by atoms with E-state index in [4.69, 9.17) is 4.74 Å². The van der Waals surface area contributed by atoms with Crippen LogP contribution in [0, 0.1) is 5.92 Å². The molecule has 1 fully saturated rings. The van der Waals surface area contributed by atoms with Gasteiger partial charge in [0.1, 0.15) is 0 Å². The molecule has 0 aromatic carbocycles. The Morgan fingerprint density at radius 2 is 2.00 bits per heavy atom. The Morgan fingerprint density at radius 1 is 1.33 bits per heavy atom. The topological polar surface area (TPSA) is 32.7 Å². The van der Waals surface area contributed by atoms with Gasteiger partial charge in [-0.15, -0.1) is 0 Å². The van der Waals surface area contributed by atoms with E-state index in [9.17, 15) is 5.11 Å². The zero-order chi connectivity index (χ0) is 11.1. The maximum Gasteiger partial charge on any atom is 0.0664 e. The first-order valence-electron chi connectivity index (χ1n) is 6.24. The van der Waals surface area contributed by atoms with Crippen LogP contribution in [0.2, 0.25) is 0 Å². The number of aliphatic hydroxyl groups is 1. The molecule has 0 bridgehead atoms. The van der Waals surface area contributed by atoms with Crippen molar-refractivity contribution in [3.8, 4) is 0 Å². The van der Waals surface area contributed by atoms with Gasteiger partial charge in [-0.2, -0.15) is 0 Å². The lowest BCUT2D eigenvalue weighted by Crippen LogP contribution is -2.39. The van der Waals surface area contributed by atoms with Crippen LogP contribution in [-0.4, -0.2) is 49.0 Å². The van der Waals surface area contributed by atoms with Crippen molar-refractivity contribution in [1.29, 1.82) is 0 Å². The molecule has 1 N–H and O–H groups in total. The van der Waals surface area contributed by atoms with Crippen molar-refractivity contribution in [2.24, 2.45) is 5.92 Å². The summed E-state index contributed by atoms with van der Waals surface area (Å²) in [5.41, 5.74) is 0. The van der Waals surface area contributed by atoms with Crippen LogP contribution >= 0.6 is 0 Å². The fourth-order valence-corrected chi connectivity index (χ4v) is 2.05. The minimum Gasteiger partial charge on any atom is -0.392 e. The average Bonchev–Trinajstić information content (AvgIpc) is 2.28. The number of piperidine rings is 1. The molecular formula is C12H25NO2. The average molecular weight is 215 g/mol. The molecule has 1 aliphatic rings. The summed E-state index contributed by atoms with van der Waals surface area (Å²) in [6.45, 7) is 8.91. The van der Waals surface area contributed by atoms with Gasteiger partial charge in [-0.3, -0.25) is 0 Å². The van der Waals surface area contributed by atoms with E-state index < -0.39 is 0 Å². The molecule has 0 saturated carbocycles. The molecule has 1 unspecified atom stereocenters. The van der Waals surface area contributed by atoms with Crippen molar-refractivity contribution in [3.05, 3.63) is 0 Å². The summed E-state index contributed by atoms with van der Waals surface area (Å²) >= 11 is 0. The van der Waals surface area contributed by atoms with Gasteiger partial charge in [-0.1, -0.05) is 6.92 Å². The smallest absolute Gasteiger partial charge is 0.0664 e. The molecule has 1 heterocycles. The standard InChI is InChI=1S/C12H25NO2/c1-3-12(14)9-13-7-5-11(6-8-13)10-15-4-2/h11-12,14H,3-10H2,1-2H3. The highest BCUT2D eigenvalue weighted by Gasteiger charge is 2.20. The van der Waals surface area contributed by atoms with Crippen molar-refractivity contribution in [2.75, 3.05) is 32.8 Å². The quantitative estimate of drug-likeness (QED) is 0.729. The van der Waals surface area contributed by atoms with Gasteiger partial charge in [0.15, 0.2) is 0 Å². The number of likely N-dealkylation sites (tertiary alicyclic amines) is 1. The Hall–Kier alpha value is -0.120. The third-order valence-electron chi connectivity index (χ3n) is 3.21. The minimum absolute atomic E-state index is 0.145. The van der Waals surface area contributed by atoms with Crippen molar-refractivity contribution < 1.29 is 9.84 Å². The van der Waals surface area contributed by atoms with E-state index in [0.717, 1.165) is 45.2 Å². The normalized spacial score (nSPS) is 21.8. The number of aliphatic hydroxyl groups excluding tert-OH is 1. The zero-order valence-electron chi connectivity index (χ0n) is 10.1. The lowest BCUT2D eigenvalue weighted by molar-refractivity contribution is 0.0528. The summed E-state index contributed by atoms with van der Waals surface area (Å²) in [6.07, 6.45) is 3.15. The molecule has 0 aliphatic carbocycles. The third-order valence-corrected chi connectivity index (χ3v) is 3.21. The van der Waals surface area contributed by atoms with E-state index in [0.29, 0.717) is 0 Å². The van der Waals surface area contributed by atoms with E-state index >= 15 is 0 Å². The second kappa shape index (κ2) is 7.20. The monoisotopic (exact) mass is 215 g/mol. The van der Waals surface area contributed by atoms with Crippen molar-refractivity contribution in [2.45, 2.75) is 39.2 Å². The highest BCUT2D eigenvalue weighted by atomic mass is 16.5. The molecule has 3 nitrogen and oxygen atoms in total. The first-order valence-corrected chi connectivity index (χ1v) is 6.24. The predicted octanol–water partition coefficient (Wildman–Crippen LogP) is 1.51. The molecule has 0 spiro atoms. The molecule has 0 radical (unpaired) electrons. The van der Waals surface area contributed by atoms with Crippen molar-refractivity contribution >= 4 is 0 Å². The molecule has 3 heteroatoms. The second-order valence-corrected chi connectivity index (χ2v) is 4.47. The fourth-order valence-electron chi connectivity index (χ4n) is 2.05. The number of rotatable bonds is 6. The SMILES string of the molecule is CCOCC1CCN(CC(O)CC)CC1. The van der Waals surface area contributed by atoms with Crippen LogP contribution in [-0.2, 0) is 4.74 Å². The lowest BCUT2D eigenvalue weighted by Gasteiger charge is -2.32. The predicted molar refractivity (Wildman–Crippen MR) is 62.0 cm³/mol. The first kappa shape index (κ1) is 12.9. The summed E-state index contributed by atoms with van der Waals surface area (Å²) in [5.74, 6) is 0.736. The van der Waals surface area contributed by atoms with Gasteiger partial charge >= 0.3 is 0 Å². The molecule has 0 amide bonds. The summed E-state index contributed by atoms with van der Waals surface area (Å²) in [7, 11) is 0. The van der Waals surface area contributed by atoms with Crippen LogP contribution in [0.4, 0.5) is 0 Å². The van der Waals surface area contributed by atoms with Crippen molar-refractivity contribution in [3.63, 3.8) is 0 Å². The number of hydrogen-bond acceptors (Lipinski definition) is 3. The first-order chi connectivity index (χ1) is 7.26. The van der Waals surface area contributed by atoms with Gasteiger partial charge in [0.05, 0.1) is 6.10 Å². The molecular weight excluding hydrogens is 190 g/mol. The van der Waals surface area contributed by atoms with Crippen molar-refractivity contribution in [1.82, 2.24) is 4.90 Å². The second-order valence-electron chi connectivity index (χ2n) is 4.47. The lowest BCUT2D eigenvalue weighted by atomic mass is 9.97. The Bertz CT molecular complexity index is 156. The number of nitrogens with zero attached hydrogens (tertiary/aromatic N) is 1. The van der Waals surface area contributed by atoms with E-state index in [2.05, 4.69) is 4.90 Å². The largest absolute Gasteiger partial charge is 0.392 e. The highest BCUT2D eigenvalue weighted by Crippen LogP contribution is 2.17. The van der Waals surface area contributed by atoms with Crippen LogP contribution < -0.4 is 0 Å². The fraction of sp³-hybridized carbons (Fsp3) is 1.00. The summed E-state index contributed by atoms with van der Waals surface area (Å²) in [5, 5.41) is 9.55. The van der Waals surface area contributed by atoms with Gasteiger partial charge in [0, 0.05) is 19.8 Å². The van der Waals surface area contributed by atoms with Gasteiger partial charge in [-0.25, -0.2) is 0 Å². The number of β-amino-alcohol motifs (C(OH)–C–C–N with tert-alkyl or cyclic N) is 1. The Kier molecular flexibility index (Phi) is 6.22. The molecule has 15 heavy (non-hydrogen) atoms. The molecule has 1 aliphatic heterocycles. The van der Waals surface area contributed by atoms with E-state index in [1.54, 1.807) is 0 Å². The van der Waals surface area contributed by atoms with Gasteiger partial charge in [0.25, 0.3) is 0 Å². The zero-order valence-corrected chi connectivity index (χ0v) is 10.1. The van der Waals surface area contributed by atoms with Gasteiger partial charge in [-0.05, 0) is 45.2 Å². The third kappa shape index (κ3) is 4.96. The van der Waals surface area contributed by atoms with Gasteiger partial charge < -0.3 is 14.7 Å². The van der Waals surface area contributed by atoms with E-state index in [1.165, 1.54) is 12.8 Å². The molecule has 90 valence electrons. The Balaban J connectivity index is 2.12. The maximum absolute atomic E-state index is 9.55. The molecule has 1 saturated heterocycles. The van der Waals surface area contributed by atoms with Crippen LogP contribution in [0.25, 0.3) is 0 Å². The summed E-state index contributed by atoms with van der Waals surface area (Å²) in [6, 6.07) is 0. The molecule has 0 aromatic heterocycles. The molecule has 0 aromatic rings. The molecule has 1 rings (SSSR count). The summed E-state index contributed by atoms with van der Waals surface area (Å²) in [4.78, 5) is 2.37. The van der Waals surface area contributed by atoms with Crippen LogP contribution in [0.5, 0.6) is 0 Å². The van der Waals surface area contributed by atoms with Crippen LogP contribution in [0.3, 0.4) is 0 Å². The number of hydrogen-bond donors (Lipinski definition) is 1. The Morgan fingerprint density at radius 3 is 2.53 bits per heavy atom.